The van der Waals surface area contributed by atoms with Crippen LogP contribution in [-0.4, -0.2) is 53.9 Å². The van der Waals surface area contributed by atoms with E-state index in [9.17, 15) is 13.6 Å². The Kier molecular flexibility index (Phi) is 2.90. The summed E-state index contributed by atoms with van der Waals surface area (Å²) in [5, 5.41) is 0. The predicted molar refractivity (Wildman–Crippen MR) is 56.3 cm³/mol. The largest absolute Gasteiger partial charge is 0.340 e. The van der Waals surface area contributed by atoms with E-state index in [1.54, 1.807) is 4.90 Å². The standard InChI is InChI=1S/C11H18F2N2O/c1-8(2)14-3-5-15(6-4-14)10(16)9-7-11(9,12)13/h8-9H,3-7H2,1-2H3/t9-/m1/s1. The monoisotopic (exact) mass is 232 g/mol. The van der Waals surface area contributed by atoms with E-state index < -0.39 is 11.8 Å². The molecule has 1 atom stereocenters. The number of rotatable bonds is 2. The minimum absolute atomic E-state index is 0.254. The summed E-state index contributed by atoms with van der Waals surface area (Å²) >= 11 is 0. The average Bonchev–Trinajstić information content (AvgIpc) is 2.87. The number of carbonyl (C=O) groups excluding carboxylic acids is 1. The van der Waals surface area contributed by atoms with Gasteiger partial charge in [-0.1, -0.05) is 0 Å². The van der Waals surface area contributed by atoms with Gasteiger partial charge < -0.3 is 4.90 Å². The van der Waals surface area contributed by atoms with Crippen LogP contribution in [0.25, 0.3) is 0 Å². The van der Waals surface area contributed by atoms with Crippen molar-refractivity contribution in [3.8, 4) is 0 Å². The maximum Gasteiger partial charge on any atom is 0.260 e. The molecule has 0 aromatic rings. The summed E-state index contributed by atoms with van der Waals surface area (Å²) < 4.78 is 25.5. The Morgan fingerprint density at radius 1 is 1.25 bits per heavy atom. The van der Waals surface area contributed by atoms with E-state index in [2.05, 4.69) is 18.7 Å². The molecule has 1 aliphatic heterocycles. The average molecular weight is 232 g/mol. The van der Waals surface area contributed by atoms with E-state index in [0.29, 0.717) is 19.1 Å². The van der Waals surface area contributed by atoms with Crippen LogP contribution in [0.15, 0.2) is 0 Å². The molecule has 1 heterocycles. The van der Waals surface area contributed by atoms with Gasteiger partial charge in [0.15, 0.2) is 0 Å². The summed E-state index contributed by atoms with van der Waals surface area (Å²) in [5.74, 6) is -4.11. The SMILES string of the molecule is CC(C)N1CCN(C(=O)[C@H]2CC2(F)F)CC1. The van der Waals surface area contributed by atoms with Crippen molar-refractivity contribution in [2.75, 3.05) is 26.2 Å². The third-order valence-corrected chi connectivity index (χ3v) is 3.48. The quantitative estimate of drug-likeness (QED) is 0.714. The zero-order valence-corrected chi connectivity index (χ0v) is 9.75. The molecule has 0 radical (unpaired) electrons. The van der Waals surface area contributed by atoms with Crippen LogP contribution in [0.3, 0.4) is 0 Å². The van der Waals surface area contributed by atoms with Crippen LogP contribution >= 0.6 is 0 Å². The molecule has 1 amide bonds. The lowest BCUT2D eigenvalue weighted by Gasteiger charge is -2.37. The molecule has 0 spiro atoms. The van der Waals surface area contributed by atoms with Crippen molar-refractivity contribution in [1.82, 2.24) is 9.80 Å². The third-order valence-electron chi connectivity index (χ3n) is 3.48. The molecular weight excluding hydrogens is 214 g/mol. The Morgan fingerprint density at radius 2 is 1.75 bits per heavy atom. The predicted octanol–water partition coefficient (Wildman–Crippen LogP) is 1.19. The van der Waals surface area contributed by atoms with Crippen LogP contribution in [0.2, 0.25) is 0 Å². The lowest BCUT2D eigenvalue weighted by molar-refractivity contribution is -0.136. The number of alkyl halides is 2. The van der Waals surface area contributed by atoms with Crippen molar-refractivity contribution in [3.05, 3.63) is 0 Å². The summed E-state index contributed by atoms with van der Waals surface area (Å²) in [5.41, 5.74) is 0. The molecule has 1 saturated heterocycles. The van der Waals surface area contributed by atoms with Gasteiger partial charge in [-0.2, -0.15) is 0 Å². The van der Waals surface area contributed by atoms with Gasteiger partial charge in [0.1, 0.15) is 5.92 Å². The molecule has 0 aromatic heterocycles. The number of carbonyl (C=O) groups is 1. The van der Waals surface area contributed by atoms with E-state index in [-0.39, 0.29) is 12.3 Å². The summed E-state index contributed by atoms with van der Waals surface area (Å²) in [6.45, 7) is 6.97. The fourth-order valence-electron chi connectivity index (χ4n) is 2.16. The van der Waals surface area contributed by atoms with Crippen molar-refractivity contribution in [2.24, 2.45) is 5.92 Å². The normalized spacial score (nSPS) is 29.6. The Morgan fingerprint density at radius 3 is 2.12 bits per heavy atom. The number of halogens is 2. The minimum Gasteiger partial charge on any atom is -0.340 e. The number of nitrogens with zero attached hydrogens (tertiary/aromatic N) is 2. The maximum absolute atomic E-state index is 12.7. The van der Waals surface area contributed by atoms with Gasteiger partial charge in [0.2, 0.25) is 5.91 Å². The summed E-state index contributed by atoms with van der Waals surface area (Å²) in [7, 11) is 0. The lowest BCUT2D eigenvalue weighted by Crippen LogP contribution is -2.51. The third kappa shape index (κ3) is 2.19. The molecule has 3 nitrogen and oxygen atoms in total. The van der Waals surface area contributed by atoms with E-state index in [1.807, 2.05) is 0 Å². The van der Waals surface area contributed by atoms with Gasteiger partial charge in [0.25, 0.3) is 5.92 Å². The number of hydrogen-bond acceptors (Lipinski definition) is 2. The lowest BCUT2D eigenvalue weighted by atomic mass is 10.2. The molecule has 2 aliphatic rings. The van der Waals surface area contributed by atoms with Crippen LogP contribution in [0.4, 0.5) is 8.78 Å². The first-order valence-corrected chi connectivity index (χ1v) is 5.82. The highest BCUT2D eigenvalue weighted by Crippen LogP contribution is 2.49. The van der Waals surface area contributed by atoms with Gasteiger partial charge in [-0.3, -0.25) is 9.69 Å². The molecule has 5 heteroatoms. The van der Waals surface area contributed by atoms with Crippen LogP contribution in [0, 0.1) is 5.92 Å². The molecule has 1 aliphatic carbocycles. The van der Waals surface area contributed by atoms with Crippen molar-refractivity contribution < 1.29 is 13.6 Å². The Labute approximate surface area is 94.4 Å². The highest BCUT2D eigenvalue weighted by atomic mass is 19.3. The summed E-state index contributed by atoms with van der Waals surface area (Å²) in [6, 6.07) is 0.458. The molecular formula is C11H18F2N2O. The van der Waals surface area contributed by atoms with Crippen molar-refractivity contribution in [3.63, 3.8) is 0 Å². The zero-order chi connectivity index (χ0) is 11.9. The topological polar surface area (TPSA) is 23.6 Å². The molecule has 0 N–H and O–H groups in total. The first kappa shape index (κ1) is 11.8. The number of amides is 1. The van der Waals surface area contributed by atoms with E-state index in [0.717, 1.165) is 13.1 Å². The second kappa shape index (κ2) is 3.95. The van der Waals surface area contributed by atoms with Crippen molar-refractivity contribution in [2.45, 2.75) is 32.2 Å². The minimum atomic E-state index is -2.73. The summed E-state index contributed by atoms with van der Waals surface area (Å²) in [4.78, 5) is 15.5. The summed E-state index contributed by atoms with van der Waals surface area (Å²) in [6.07, 6.45) is -0.254. The molecule has 2 rings (SSSR count). The van der Waals surface area contributed by atoms with Crippen LogP contribution in [-0.2, 0) is 4.79 Å². The maximum atomic E-state index is 12.7. The van der Waals surface area contributed by atoms with Gasteiger partial charge in [0, 0.05) is 38.6 Å². The molecule has 0 bridgehead atoms. The van der Waals surface area contributed by atoms with E-state index in [1.165, 1.54) is 0 Å². The molecule has 0 unspecified atom stereocenters. The Bertz CT molecular complexity index is 286. The fraction of sp³-hybridized carbons (Fsp3) is 0.909. The van der Waals surface area contributed by atoms with Crippen LogP contribution in [0.1, 0.15) is 20.3 Å². The molecule has 2 fully saturated rings. The molecule has 1 saturated carbocycles. The van der Waals surface area contributed by atoms with E-state index in [4.69, 9.17) is 0 Å². The van der Waals surface area contributed by atoms with Crippen LogP contribution in [0.5, 0.6) is 0 Å². The molecule has 92 valence electrons. The zero-order valence-electron chi connectivity index (χ0n) is 9.75. The smallest absolute Gasteiger partial charge is 0.260 e. The van der Waals surface area contributed by atoms with Crippen molar-refractivity contribution >= 4 is 5.91 Å². The van der Waals surface area contributed by atoms with Crippen molar-refractivity contribution in [1.29, 1.82) is 0 Å². The Balaban J connectivity index is 1.83. The number of hydrogen-bond donors (Lipinski definition) is 0. The fourth-order valence-corrected chi connectivity index (χ4v) is 2.16. The first-order chi connectivity index (χ1) is 7.42. The highest BCUT2D eigenvalue weighted by molar-refractivity contribution is 5.83. The van der Waals surface area contributed by atoms with Crippen LogP contribution < -0.4 is 0 Å². The van der Waals surface area contributed by atoms with Gasteiger partial charge in [-0.05, 0) is 13.8 Å². The van der Waals surface area contributed by atoms with Gasteiger partial charge in [-0.25, -0.2) is 8.78 Å². The molecule has 16 heavy (non-hydrogen) atoms. The molecule has 0 aromatic carbocycles. The highest BCUT2D eigenvalue weighted by Gasteiger charge is 2.62. The van der Waals surface area contributed by atoms with Gasteiger partial charge >= 0.3 is 0 Å². The van der Waals surface area contributed by atoms with Gasteiger partial charge in [0.05, 0.1) is 0 Å². The van der Waals surface area contributed by atoms with Gasteiger partial charge in [-0.15, -0.1) is 0 Å². The number of piperazine rings is 1. The second-order valence-corrected chi connectivity index (χ2v) is 4.97. The second-order valence-electron chi connectivity index (χ2n) is 4.97. The van der Waals surface area contributed by atoms with E-state index >= 15 is 0 Å². The first-order valence-electron chi connectivity index (χ1n) is 5.82. The Hall–Kier alpha value is -0.710.